The number of carbonyl (C=O) groups excluding carboxylic acids is 2. The van der Waals surface area contributed by atoms with E-state index in [1.165, 1.54) is 0 Å². The van der Waals surface area contributed by atoms with Crippen molar-refractivity contribution in [3.05, 3.63) is 30.1 Å². The lowest BCUT2D eigenvalue weighted by molar-refractivity contribution is -0.136. The third-order valence-electron chi connectivity index (χ3n) is 5.14. The molecule has 2 saturated heterocycles. The predicted molar refractivity (Wildman–Crippen MR) is 97.3 cm³/mol. The third-order valence-corrected chi connectivity index (χ3v) is 5.14. The number of aromatic nitrogens is 1. The number of hydrogen-bond acceptors (Lipinski definition) is 5. The van der Waals surface area contributed by atoms with E-state index in [1.54, 1.807) is 17.3 Å². The zero-order chi connectivity index (χ0) is 18.4. The summed E-state index contributed by atoms with van der Waals surface area (Å²) in [6, 6.07) is 3.82. The average Bonchev–Trinajstić information content (AvgIpc) is 3.04. The van der Waals surface area contributed by atoms with Crippen molar-refractivity contribution in [2.45, 2.75) is 19.9 Å². The average molecular weight is 360 g/mol. The van der Waals surface area contributed by atoms with Gasteiger partial charge in [0.15, 0.2) is 0 Å². The normalized spacial score (nSPS) is 21.2. The number of morpholine rings is 1. The topological polar surface area (TPSA) is 66.0 Å². The van der Waals surface area contributed by atoms with Gasteiger partial charge in [-0.1, -0.05) is 6.07 Å². The maximum Gasteiger partial charge on any atom is 0.228 e. The minimum Gasteiger partial charge on any atom is -0.379 e. The van der Waals surface area contributed by atoms with Crippen LogP contribution in [0.5, 0.6) is 0 Å². The summed E-state index contributed by atoms with van der Waals surface area (Å²) in [5.41, 5.74) is 0.994. The number of pyridine rings is 1. The van der Waals surface area contributed by atoms with E-state index in [2.05, 4.69) is 9.88 Å². The van der Waals surface area contributed by atoms with Crippen molar-refractivity contribution in [2.24, 2.45) is 5.92 Å². The molecular weight excluding hydrogens is 332 g/mol. The zero-order valence-electron chi connectivity index (χ0n) is 15.5. The smallest absolute Gasteiger partial charge is 0.228 e. The van der Waals surface area contributed by atoms with Crippen molar-refractivity contribution in [1.29, 1.82) is 0 Å². The van der Waals surface area contributed by atoms with Gasteiger partial charge in [0, 0.05) is 64.6 Å². The fraction of sp³-hybridized carbons (Fsp3) is 0.632. The van der Waals surface area contributed by atoms with Crippen molar-refractivity contribution in [3.63, 3.8) is 0 Å². The quantitative estimate of drug-likeness (QED) is 0.713. The first kappa shape index (κ1) is 18.8. The van der Waals surface area contributed by atoms with Gasteiger partial charge in [0.1, 0.15) is 0 Å². The lowest BCUT2D eigenvalue weighted by Gasteiger charge is -2.30. The molecule has 3 rings (SSSR count). The summed E-state index contributed by atoms with van der Waals surface area (Å²) in [6.07, 6.45) is 3.80. The Hall–Kier alpha value is -1.99. The Kier molecular flexibility index (Phi) is 6.57. The van der Waals surface area contributed by atoms with E-state index in [0.29, 0.717) is 32.6 Å². The van der Waals surface area contributed by atoms with Gasteiger partial charge in [-0.25, -0.2) is 0 Å². The second kappa shape index (κ2) is 9.09. The SMILES string of the molecule is CCN(CCN1CCOCC1)C(=O)[C@@H]1CC(=O)N(Cc2cccnc2)C1. The molecule has 2 amide bonds. The van der Waals surface area contributed by atoms with Gasteiger partial charge in [0.25, 0.3) is 0 Å². The van der Waals surface area contributed by atoms with Gasteiger partial charge in [-0.05, 0) is 18.6 Å². The Morgan fingerprint density at radius 1 is 1.38 bits per heavy atom. The Bertz CT molecular complexity index is 604. The van der Waals surface area contributed by atoms with Crippen LogP contribution in [0.3, 0.4) is 0 Å². The molecule has 1 atom stereocenters. The molecule has 2 fully saturated rings. The number of rotatable bonds is 7. The molecule has 0 bridgehead atoms. The highest BCUT2D eigenvalue weighted by atomic mass is 16.5. The van der Waals surface area contributed by atoms with Crippen molar-refractivity contribution >= 4 is 11.8 Å². The number of ether oxygens (including phenoxy) is 1. The second-order valence-corrected chi connectivity index (χ2v) is 6.91. The van der Waals surface area contributed by atoms with Crippen molar-refractivity contribution in [1.82, 2.24) is 19.7 Å². The number of likely N-dealkylation sites (N-methyl/N-ethyl adjacent to an activating group) is 1. The van der Waals surface area contributed by atoms with Crippen LogP contribution in [0.15, 0.2) is 24.5 Å². The Morgan fingerprint density at radius 2 is 2.19 bits per heavy atom. The predicted octanol–water partition coefficient (Wildman–Crippen LogP) is 0.611. The zero-order valence-corrected chi connectivity index (χ0v) is 15.5. The number of hydrogen-bond donors (Lipinski definition) is 0. The summed E-state index contributed by atoms with van der Waals surface area (Å²) in [6.45, 7) is 8.65. The fourth-order valence-corrected chi connectivity index (χ4v) is 3.57. The van der Waals surface area contributed by atoms with E-state index in [-0.39, 0.29) is 17.7 Å². The number of amides is 2. The molecule has 0 unspecified atom stereocenters. The molecule has 0 aliphatic carbocycles. The van der Waals surface area contributed by atoms with E-state index in [0.717, 1.165) is 38.4 Å². The number of nitrogens with zero attached hydrogens (tertiary/aromatic N) is 4. The van der Waals surface area contributed by atoms with Crippen LogP contribution in [0, 0.1) is 5.92 Å². The molecule has 26 heavy (non-hydrogen) atoms. The van der Waals surface area contributed by atoms with Crippen LogP contribution in [0.25, 0.3) is 0 Å². The molecule has 7 heteroatoms. The molecule has 0 aromatic carbocycles. The minimum absolute atomic E-state index is 0.0523. The molecule has 2 aliphatic rings. The molecule has 0 N–H and O–H groups in total. The maximum absolute atomic E-state index is 12.9. The molecule has 1 aromatic rings. The first-order valence-corrected chi connectivity index (χ1v) is 9.43. The summed E-state index contributed by atoms with van der Waals surface area (Å²) < 4.78 is 5.36. The summed E-state index contributed by atoms with van der Waals surface area (Å²) in [7, 11) is 0. The van der Waals surface area contributed by atoms with Gasteiger partial charge in [0.05, 0.1) is 19.1 Å². The van der Waals surface area contributed by atoms with Crippen LogP contribution in [0.4, 0.5) is 0 Å². The molecule has 0 saturated carbocycles. The molecule has 0 radical (unpaired) electrons. The first-order valence-electron chi connectivity index (χ1n) is 9.43. The van der Waals surface area contributed by atoms with E-state index >= 15 is 0 Å². The van der Waals surface area contributed by atoms with E-state index in [9.17, 15) is 9.59 Å². The summed E-state index contributed by atoms with van der Waals surface area (Å²) in [4.78, 5) is 35.3. The molecule has 1 aromatic heterocycles. The van der Waals surface area contributed by atoms with Gasteiger partial charge in [0.2, 0.25) is 11.8 Å². The third kappa shape index (κ3) is 4.80. The maximum atomic E-state index is 12.9. The van der Waals surface area contributed by atoms with Crippen molar-refractivity contribution in [2.75, 3.05) is 52.5 Å². The molecular formula is C19H28N4O3. The molecule has 0 spiro atoms. The monoisotopic (exact) mass is 360 g/mol. The van der Waals surface area contributed by atoms with E-state index < -0.39 is 0 Å². The van der Waals surface area contributed by atoms with E-state index in [1.807, 2.05) is 24.0 Å². The standard InChI is InChI=1S/C19H28N4O3/c1-2-22(7-6-21-8-10-26-11-9-21)19(25)17-12-18(24)23(15-17)14-16-4-3-5-20-13-16/h3-5,13,17H,2,6-12,14-15H2,1H3/t17-/m1/s1. The minimum atomic E-state index is -0.233. The number of carbonyl (C=O) groups is 2. The molecule has 2 aliphatic heterocycles. The van der Waals surface area contributed by atoms with Crippen LogP contribution >= 0.6 is 0 Å². The van der Waals surface area contributed by atoms with Crippen molar-refractivity contribution < 1.29 is 14.3 Å². The summed E-state index contributed by atoms with van der Waals surface area (Å²) in [5, 5.41) is 0. The van der Waals surface area contributed by atoms with Crippen LogP contribution in [-0.2, 0) is 20.9 Å². The van der Waals surface area contributed by atoms with Crippen LogP contribution in [0.1, 0.15) is 18.9 Å². The highest BCUT2D eigenvalue weighted by molar-refractivity contribution is 5.89. The lowest BCUT2D eigenvalue weighted by Crippen LogP contribution is -2.44. The summed E-state index contributed by atoms with van der Waals surface area (Å²) >= 11 is 0. The Labute approximate surface area is 154 Å². The van der Waals surface area contributed by atoms with Gasteiger partial charge in [-0.3, -0.25) is 19.5 Å². The first-order chi connectivity index (χ1) is 12.7. The molecule has 3 heterocycles. The van der Waals surface area contributed by atoms with Gasteiger partial charge >= 0.3 is 0 Å². The van der Waals surface area contributed by atoms with Crippen LogP contribution < -0.4 is 0 Å². The van der Waals surface area contributed by atoms with E-state index in [4.69, 9.17) is 4.74 Å². The Balaban J connectivity index is 1.52. The molecule has 142 valence electrons. The van der Waals surface area contributed by atoms with Gasteiger partial charge in [-0.15, -0.1) is 0 Å². The summed E-state index contributed by atoms with van der Waals surface area (Å²) in [5.74, 6) is -0.0805. The van der Waals surface area contributed by atoms with Gasteiger partial charge in [-0.2, -0.15) is 0 Å². The fourth-order valence-electron chi connectivity index (χ4n) is 3.57. The highest BCUT2D eigenvalue weighted by Crippen LogP contribution is 2.22. The molecule has 7 nitrogen and oxygen atoms in total. The highest BCUT2D eigenvalue weighted by Gasteiger charge is 2.36. The second-order valence-electron chi connectivity index (χ2n) is 6.91. The van der Waals surface area contributed by atoms with Gasteiger partial charge < -0.3 is 14.5 Å². The Morgan fingerprint density at radius 3 is 2.88 bits per heavy atom. The largest absolute Gasteiger partial charge is 0.379 e. The van der Waals surface area contributed by atoms with Crippen LogP contribution in [-0.4, -0.2) is 84.0 Å². The lowest BCUT2D eigenvalue weighted by atomic mass is 10.1. The van der Waals surface area contributed by atoms with Crippen molar-refractivity contribution in [3.8, 4) is 0 Å². The number of likely N-dealkylation sites (tertiary alicyclic amines) is 1. The van der Waals surface area contributed by atoms with Crippen LogP contribution in [0.2, 0.25) is 0 Å².